The van der Waals surface area contributed by atoms with Gasteiger partial charge in [-0.15, -0.1) is 0 Å². The highest BCUT2D eigenvalue weighted by molar-refractivity contribution is 4.99. The van der Waals surface area contributed by atoms with Crippen molar-refractivity contribution in [2.75, 3.05) is 32.8 Å². The molecule has 1 aliphatic rings. The monoisotopic (exact) mass is 198 g/mol. The third-order valence-corrected chi connectivity index (χ3v) is 2.60. The van der Waals surface area contributed by atoms with Crippen molar-refractivity contribution in [2.24, 2.45) is 5.73 Å². The highest BCUT2D eigenvalue weighted by atomic mass is 16.5. The molecule has 0 aromatic rings. The molecule has 82 valence electrons. The van der Waals surface area contributed by atoms with Crippen LogP contribution in [0.25, 0.3) is 0 Å². The van der Waals surface area contributed by atoms with Gasteiger partial charge in [0.2, 0.25) is 0 Å². The van der Waals surface area contributed by atoms with E-state index in [1.165, 1.54) is 12.8 Å². The molecular weight excluding hydrogens is 176 g/mol. The van der Waals surface area contributed by atoms with Crippen molar-refractivity contribution in [1.29, 1.82) is 0 Å². The summed E-state index contributed by atoms with van der Waals surface area (Å²) in [5.41, 5.74) is 6.64. The second-order valence-corrected chi connectivity index (χ2v) is 3.91. The molecule has 1 saturated heterocycles. The minimum absolute atomic E-state index is 0.416. The van der Waals surface area contributed by atoms with Crippen LogP contribution in [0.2, 0.25) is 0 Å². The van der Waals surface area contributed by atoms with Gasteiger partial charge in [-0.25, -0.2) is 0 Å². The Bertz CT molecular complexity index is 180. The van der Waals surface area contributed by atoms with E-state index in [0.717, 1.165) is 31.8 Å². The van der Waals surface area contributed by atoms with Gasteiger partial charge >= 0.3 is 0 Å². The van der Waals surface area contributed by atoms with E-state index in [1.54, 1.807) is 0 Å². The fraction of sp³-hybridized carbons (Fsp3) is 0.818. The second-order valence-electron chi connectivity index (χ2n) is 3.91. The van der Waals surface area contributed by atoms with Gasteiger partial charge in [0.1, 0.15) is 0 Å². The van der Waals surface area contributed by atoms with Gasteiger partial charge < -0.3 is 10.5 Å². The van der Waals surface area contributed by atoms with Crippen molar-refractivity contribution in [1.82, 2.24) is 4.90 Å². The predicted molar refractivity (Wildman–Crippen MR) is 59.3 cm³/mol. The fourth-order valence-corrected chi connectivity index (χ4v) is 1.91. The Morgan fingerprint density at radius 3 is 3.07 bits per heavy atom. The summed E-state index contributed by atoms with van der Waals surface area (Å²) in [5, 5.41) is 0. The molecule has 0 saturated carbocycles. The maximum atomic E-state index is 5.63. The van der Waals surface area contributed by atoms with Crippen LogP contribution in [-0.4, -0.2) is 43.8 Å². The molecular formula is C11H22N2O. The quantitative estimate of drug-likeness (QED) is 0.670. The smallest absolute Gasteiger partial charge is 0.0702 e. The van der Waals surface area contributed by atoms with Gasteiger partial charge in [0, 0.05) is 26.2 Å². The van der Waals surface area contributed by atoms with Gasteiger partial charge in [0.25, 0.3) is 0 Å². The molecule has 2 N–H and O–H groups in total. The second kappa shape index (κ2) is 6.17. The standard InChI is InChI=1S/C11H22N2O/c1-3-14-11-5-4-6-13(9-11)8-10(2)7-12/h11H,2-9,12H2,1H3. The predicted octanol–water partition coefficient (Wildman–Crippen LogP) is 1.00. The van der Waals surface area contributed by atoms with E-state index >= 15 is 0 Å². The van der Waals surface area contributed by atoms with Crippen molar-refractivity contribution < 1.29 is 4.74 Å². The highest BCUT2D eigenvalue weighted by Crippen LogP contribution is 2.13. The lowest BCUT2D eigenvalue weighted by molar-refractivity contribution is 0.00856. The largest absolute Gasteiger partial charge is 0.377 e. The topological polar surface area (TPSA) is 38.5 Å². The molecule has 0 radical (unpaired) electrons. The zero-order valence-corrected chi connectivity index (χ0v) is 9.17. The zero-order valence-electron chi connectivity index (χ0n) is 9.17. The third-order valence-electron chi connectivity index (χ3n) is 2.60. The van der Waals surface area contributed by atoms with E-state index in [0.29, 0.717) is 12.6 Å². The first-order chi connectivity index (χ1) is 6.76. The number of hydrogen-bond acceptors (Lipinski definition) is 3. The summed E-state index contributed by atoms with van der Waals surface area (Å²) in [6.45, 7) is 10.5. The Labute approximate surface area is 86.9 Å². The third kappa shape index (κ3) is 3.78. The van der Waals surface area contributed by atoms with Crippen molar-refractivity contribution in [2.45, 2.75) is 25.9 Å². The summed E-state index contributed by atoms with van der Waals surface area (Å²) in [7, 11) is 0. The van der Waals surface area contributed by atoms with Crippen molar-refractivity contribution in [3.63, 3.8) is 0 Å². The van der Waals surface area contributed by atoms with Crippen LogP contribution in [0.5, 0.6) is 0 Å². The van der Waals surface area contributed by atoms with Crippen LogP contribution in [0.4, 0.5) is 0 Å². The van der Waals surface area contributed by atoms with Crippen LogP contribution in [0, 0.1) is 0 Å². The van der Waals surface area contributed by atoms with E-state index in [9.17, 15) is 0 Å². The number of nitrogens with zero attached hydrogens (tertiary/aromatic N) is 1. The normalized spacial score (nSPS) is 23.7. The highest BCUT2D eigenvalue weighted by Gasteiger charge is 2.19. The lowest BCUT2D eigenvalue weighted by Gasteiger charge is -2.32. The van der Waals surface area contributed by atoms with Crippen molar-refractivity contribution in [3.05, 3.63) is 12.2 Å². The van der Waals surface area contributed by atoms with Crippen LogP contribution in [0.3, 0.4) is 0 Å². The molecule has 3 nitrogen and oxygen atoms in total. The average Bonchev–Trinajstić information content (AvgIpc) is 2.19. The number of nitrogens with two attached hydrogens (primary N) is 1. The van der Waals surface area contributed by atoms with E-state index in [1.807, 2.05) is 0 Å². The van der Waals surface area contributed by atoms with E-state index in [2.05, 4.69) is 18.4 Å². The summed E-state index contributed by atoms with van der Waals surface area (Å²) in [6, 6.07) is 0. The molecule has 14 heavy (non-hydrogen) atoms. The number of ether oxygens (including phenoxy) is 1. The first-order valence-corrected chi connectivity index (χ1v) is 5.47. The molecule has 1 fully saturated rings. The minimum atomic E-state index is 0.416. The number of piperidine rings is 1. The van der Waals surface area contributed by atoms with Gasteiger partial charge in [-0.3, -0.25) is 4.90 Å². The SMILES string of the molecule is C=C(CN)CN1CCCC(OCC)C1. The van der Waals surface area contributed by atoms with Gasteiger partial charge in [0.05, 0.1) is 6.10 Å². The molecule has 1 rings (SSSR count). The first kappa shape index (κ1) is 11.7. The summed E-state index contributed by atoms with van der Waals surface area (Å²) >= 11 is 0. The maximum absolute atomic E-state index is 5.63. The Hall–Kier alpha value is -0.380. The Balaban J connectivity index is 2.28. The number of likely N-dealkylation sites (tertiary alicyclic amines) is 1. The van der Waals surface area contributed by atoms with E-state index < -0.39 is 0 Å². The van der Waals surface area contributed by atoms with Crippen LogP contribution in [0.15, 0.2) is 12.2 Å². The Morgan fingerprint density at radius 2 is 2.43 bits per heavy atom. The van der Waals surface area contributed by atoms with Gasteiger partial charge in [-0.2, -0.15) is 0 Å². The lowest BCUT2D eigenvalue weighted by atomic mass is 10.1. The number of hydrogen-bond donors (Lipinski definition) is 1. The number of rotatable bonds is 5. The molecule has 0 amide bonds. The molecule has 0 aliphatic carbocycles. The van der Waals surface area contributed by atoms with Crippen LogP contribution in [-0.2, 0) is 4.74 Å². The zero-order chi connectivity index (χ0) is 10.4. The average molecular weight is 198 g/mol. The Morgan fingerprint density at radius 1 is 1.64 bits per heavy atom. The molecule has 1 atom stereocenters. The van der Waals surface area contributed by atoms with Gasteiger partial charge in [-0.05, 0) is 31.9 Å². The van der Waals surface area contributed by atoms with Gasteiger partial charge in [0.15, 0.2) is 0 Å². The fourth-order valence-electron chi connectivity index (χ4n) is 1.91. The van der Waals surface area contributed by atoms with Crippen molar-refractivity contribution >= 4 is 0 Å². The molecule has 0 aromatic heterocycles. The maximum Gasteiger partial charge on any atom is 0.0702 e. The summed E-state index contributed by atoms with van der Waals surface area (Å²) < 4.78 is 5.63. The van der Waals surface area contributed by atoms with Crippen LogP contribution < -0.4 is 5.73 Å². The van der Waals surface area contributed by atoms with Crippen molar-refractivity contribution in [3.8, 4) is 0 Å². The summed E-state index contributed by atoms with van der Waals surface area (Å²) in [6.07, 6.45) is 2.83. The molecule has 0 bridgehead atoms. The summed E-state index contributed by atoms with van der Waals surface area (Å²) in [4.78, 5) is 2.39. The van der Waals surface area contributed by atoms with E-state index in [-0.39, 0.29) is 0 Å². The van der Waals surface area contributed by atoms with Gasteiger partial charge in [-0.1, -0.05) is 6.58 Å². The Kier molecular flexibility index (Phi) is 5.15. The molecule has 0 aromatic carbocycles. The molecule has 1 aliphatic heterocycles. The summed E-state index contributed by atoms with van der Waals surface area (Å²) in [5.74, 6) is 0. The molecule has 3 heteroatoms. The lowest BCUT2D eigenvalue weighted by Crippen LogP contribution is -2.41. The molecule has 0 spiro atoms. The molecule has 1 heterocycles. The molecule has 1 unspecified atom stereocenters. The van der Waals surface area contributed by atoms with Crippen LogP contribution in [0.1, 0.15) is 19.8 Å². The van der Waals surface area contributed by atoms with Crippen LogP contribution >= 0.6 is 0 Å². The minimum Gasteiger partial charge on any atom is -0.377 e. The first-order valence-electron chi connectivity index (χ1n) is 5.47. The van der Waals surface area contributed by atoms with E-state index in [4.69, 9.17) is 10.5 Å².